The number of anilines is 1. The van der Waals surface area contributed by atoms with Crippen LogP contribution in [0.25, 0.3) is 0 Å². The number of carbonyl (C=O) groups is 3. The third-order valence-electron chi connectivity index (χ3n) is 5.22. The zero-order valence-electron chi connectivity index (χ0n) is 19.8. The fourth-order valence-corrected chi connectivity index (χ4v) is 3.78. The number of hydrogen-bond acceptors (Lipinski definition) is 5. The van der Waals surface area contributed by atoms with E-state index in [2.05, 4.69) is 31.8 Å². The Morgan fingerprint density at radius 3 is 2.24 bits per heavy atom. The second kappa shape index (κ2) is 11.9. The van der Waals surface area contributed by atoms with E-state index in [-0.39, 0.29) is 11.7 Å². The first-order valence-corrected chi connectivity index (χ1v) is 12.1. The number of halogens is 1. The molecular formula is C29H22BrN3O4. The number of benzene rings is 4. The third-order valence-corrected chi connectivity index (χ3v) is 5.71. The van der Waals surface area contributed by atoms with Crippen molar-refractivity contribution >= 4 is 45.6 Å². The Kier molecular flexibility index (Phi) is 8.22. The van der Waals surface area contributed by atoms with E-state index in [1.807, 2.05) is 25.1 Å². The Bertz CT molecular complexity index is 1490. The molecule has 0 aliphatic carbocycles. The number of hydrogen-bond donors (Lipinski definition) is 2. The molecule has 0 fully saturated rings. The SMILES string of the molecule is Cc1cccc(C(=O)Nc2cccc(C(=O)NN=Cc3cc(Br)ccc3OC(=O)c3ccccc3)c2)c1. The summed E-state index contributed by atoms with van der Waals surface area (Å²) in [5, 5.41) is 6.82. The Morgan fingerprint density at radius 1 is 0.784 bits per heavy atom. The predicted molar refractivity (Wildman–Crippen MR) is 146 cm³/mol. The van der Waals surface area contributed by atoms with Gasteiger partial charge in [-0.1, -0.05) is 57.9 Å². The molecule has 8 heteroatoms. The van der Waals surface area contributed by atoms with E-state index < -0.39 is 11.9 Å². The zero-order chi connectivity index (χ0) is 26.2. The molecule has 0 unspecified atom stereocenters. The number of hydrazone groups is 1. The molecule has 0 atom stereocenters. The molecule has 2 N–H and O–H groups in total. The topological polar surface area (TPSA) is 96.9 Å². The van der Waals surface area contributed by atoms with Crippen LogP contribution in [-0.2, 0) is 0 Å². The van der Waals surface area contributed by atoms with Crippen LogP contribution < -0.4 is 15.5 Å². The average molecular weight is 556 g/mol. The van der Waals surface area contributed by atoms with Gasteiger partial charge in [0.05, 0.1) is 11.8 Å². The van der Waals surface area contributed by atoms with Crippen LogP contribution in [0.15, 0.2) is 107 Å². The van der Waals surface area contributed by atoms with Crippen molar-refractivity contribution in [3.05, 3.63) is 129 Å². The van der Waals surface area contributed by atoms with E-state index in [0.717, 1.165) is 10.0 Å². The molecule has 184 valence electrons. The summed E-state index contributed by atoms with van der Waals surface area (Å²) in [5.41, 5.74) is 5.64. The third kappa shape index (κ3) is 6.99. The van der Waals surface area contributed by atoms with E-state index >= 15 is 0 Å². The monoisotopic (exact) mass is 555 g/mol. The van der Waals surface area contributed by atoms with Gasteiger partial charge in [0.25, 0.3) is 11.8 Å². The minimum atomic E-state index is -0.508. The van der Waals surface area contributed by atoms with Crippen LogP contribution in [0.5, 0.6) is 5.75 Å². The molecule has 2 amide bonds. The largest absolute Gasteiger partial charge is 0.422 e. The lowest BCUT2D eigenvalue weighted by Crippen LogP contribution is -2.18. The summed E-state index contributed by atoms with van der Waals surface area (Å²) < 4.78 is 6.27. The van der Waals surface area contributed by atoms with Gasteiger partial charge in [0, 0.05) is 26.9 Å². The molecule has 4 rings (SSSR count). The molecule has 0 aromatic heterocycles. The summed E-state index contributed by atoms with van der Waals surface area (Å²) in [6.07, 6.45) is 1.39. The van der Waals surface area contributed by atoms with Gasteiger partial charge in [-0.05, 0) is 67.6 Å². The highest BCUT2D eigenvalue weighted by atomic mass is 79.9. The van der Waals surface area contributed by atoms with Gasteiger partial charge in [-0.15, -0.1) is 0 Å². The molecule has 37 heavy (non-hydrogen) atoms. The standard InChI is InChI=1S/C29H22BrN3O4/c1-19-7-5-10-21(15-19)27(34)32-25-12-6-11-22(17-25)28(35)33-31-18-23-16-24(30)13-14-26(23)37-29(36)20-8-3-2-4-9-20/h2-18H,1H3,(H,32,34)(H,33,35). The number of carbonyl (C=O) groups excluding carboxylic acids is 3. The second-order valence-corrected chi connectivity index (χ2v) is 8.96. The maximum absolute atomic E-state index is 12.7. The van der Waals surface area contributed by atoms with Crippen molar-refractivity contribution in [3.8, 4) is 5.75 Å². The summed E-state index contributed by atoms with van der Waals surface area (Å²) in [4.78, 5) is 37.7. The van der Waals surface area contributed by atoms with Gasteiger partial charge in [0.1, 0.15) is 5.75 Å². The van der Waals surface area contributed by atoms with Gasteiger partial charge in [0.2, 0.25) is 0 Å². The highest BCUT2D eigenvalue weighted by Crippen LogP contribution is 2.23. The van der Waals surface area contributed by atoms with Crippen LogP contribution in [0.1, 0.15) is 42.2 Å². The Labute approximate surface area is 222 Å². The molecule has 0 heterocycles. The summed E-state index contributed by atoms with van der Waals surface area (Å²) in [6.45, 7) is 1.91. The fourth-order valence-electron chi connectivity index (χ4n) is 3.40. The predicted octanol–water partition coefficient (Wildman–Crippen LogP) is 5.99. The Morgan fingerprint density at radius 2 is 1.49 bits per heavy atom. The van der Waals surface area contributed by atoms with Gasteiger partial charge in [-0.2, -0.15) is 5.10 Å². The molecule has 0 saturated heterocycles. The summed E-state index contributed by atoms with van der Waals surface area (Å²) >= 11 is 3.39. The molecule has 0 bridgehead atoms. The number of rotatable bonds is 7. The highest BCUT2D eigenvalue weighted by molar-refractivity contribution is 9.10. The van der Waals surface area contributed by atoms with Crippen LogP contribution in [-0.4, -0.2) is 24.0 Å². The lowest BCUT2D eigenvalue weighted by molar-refractivity contribution is 0.0734. The lowest BCUT2D eigenvalue weighted by atomic mass is 10.1. The first-order valence-electron chi connectivity index (χ1n) is 11.3. The van der Waals surface area contributed by atoms with Crippen LogP contribution in [0.2, 0.25) is 0 Å². The van der Waals surface area contributed by atoms with E-state index in [1.54, 1.807) is 78.9 Å². The maximum atomic E-state index is 12.7. The maximum Gasteiger partial charge on any atom is 0.343 e. The smallest absolute Gasteiger partial charge is 0.343 e. The first kappa shape index (κ1) is 25.5. The van der Waals surface area contributed by atoms with Gasteiger partial charge < -0.3 is 10.1 Å². The van der Waals surface area contributed by atoms with Crippen molar-refractivity contribution in [2.75, 3.05) is 5.32 Å². The summed E-state index contributed by atoms with van der Waals surface area (Å²) in [7, 11) is 0. The van der Waals surface area contributed by atoms with Gasteiger partial charge >= 0.3 is 5.97 Å². The molecule has 4 aromatic carbocycles. The molecule has 0 aliphatic heterocycles. The molecule has 0 aliphatic rings. The number of aryl methyl sites for hydroxylation is 1. The molecule has 4 aromatic rings. The van der Waals surface area contributed by atoms with Crippen molar-refractivity contribution in [1.29, 1.82) is 0 Å². The zero-order valence-corrected chi connectivity index (χ0v) is 21.4. The first-order chi connectivity index (χ1) is 17.9. The molecule has 0 radical (unpaired) electrons. The Hall–Kier alpha value is -4.56. The van der Waals surface area contributed by atoms with Crippen molar-refractivity contribution in [2.45, 2.75) is 6.92 Å². The molecule has 7 nitrogen and oxygen atoms in total. The number of esters is 1. The van der Waals surface area contributed by atoms with Gasteiger partial charge in [0.15, 0.2) is 0 Å². The van der Waals surface area contributed by atoms with Crippen LogP contribution in [0.3, 0.4) is 0 Å². The number of amides is 2. The summed E-state index contributed by atoms with van der Waals surface area (Å²) in [5.74, 6) is -0.964. The van der Waals surface area contributed by atoms with E-state index in [0.29, 0.717) is 27.9 Å². The molecule has 0 saturated carbocycles. The number of nitrogens with zero attached hydrogens (tertiary/aromatic N) is 1. The van der Waals surface area contributed by atoms with Crippen molar-refractivity contribution < 1.29 is 19.1 Å². The summed E-state index contributed by atoms with van der Waals surface area (Å²) in [6, 6.07) is 27.5. The minimum Gasteiger partial charge on any atom is -0.422 e. The minimum absolute atomic E-state index is 0.272. The highest BCUT2D eigenvalue weighted by Gasteiger charge is 2.12. The molecule has 0 spiro atoms. The second-order valence-electron chi connectivity index (χ2n) is 8.04. The normalized spacial score (nSPS) is 10.6. The van der Waals surface area contributed by atoms with Crippen molar-refractivity contribution in [3.63, 3.8) is 0 Å². The molecular weight excluding hydrogens is 534 g/mol. The van der Waals surface area contributed by atoms with E-state index in [9.17, 15) is 14.4 Å². The van der Waals surface area contributed by atoms with Crippen molar-refractivity contribution in [1.82, 2.24) is 5.43 Å². The van der Waals surface area contributed by atoms with E-state index in [4.69, 9.17) is 4.74 Å². The van der Waals surface area contributed by atoms with Crippen molar-refractivity contribution in [2.24, 2.45) is 5.10 Å². The van der Waals surface area contributed by atoms with Crippen LogP contribution >= 0.6 is 15.9 Å². The number of ether oxygens (including phenoxy) is 1. The Balaban J connectivity index is 1.43. The van der Waals surface area contributed by atoms with Crippen LogP contribution in [0, 0.1) is 6.92 Å². The average Bonchev–Trinajstić information content (AvgIpc) is 2.90. The quantitative estimate of drug-likeness (QED) is 0.126. The van der Waals surface area contributed by atoms with E-state index in [1.165, 1.54) is 6.21 Å². The lowest BCUT2D eigenvalue weighted by Gasteiger charge is -2.09. The fraction of sp³-hybridized carbons (Fsp3) is 0.0345. The van der Waals surface area contributed by atoms with Gasteiger partial charge in [-0.25, -0.2) is 10.2 Å². The van der Waals surface area contributed by atoms with Crippen LogP contribution in [0.4, 0.5) is 5.69 Å². The van der Waals surface area contributed by atoms with Gasteiger partial charge in [-0.3, -0.25) is 9.59 Å². The number of nitrogens with one attached hydrogen (secondary N) is 2.